The van der Waals surface area contributed by atoms with Crippen LogP contribution in [-0.2, 0) is 4.79 Å². The lowest BCUT2D eigenvalue weighted by molar-refractivity contribution is -0.133. The summed E-state index contributed by atoms with van der Waals surface area (Å²) in [5.41, 5.74) is 5.28. The average molecular weight is 244 g/mol. The van der Waals surface area contributed by atoms with Gasteiger partial charge in [-0.25, -0.2) is 0 Å². The summed E-state index contributed by atoms with van der Waals surface area (Å²) in [5.74, 6) is 0.574. The largest absolute Gasteiger partial charge is 0.394 e. The zero-order valence-corrected chi connectivity index (χ0v) is 10.5. The van der Waals surface area contributed by atoms with Gasteiger partial charge in [-0.1, -0.05) is 6.92 Å². The van der Waals surface area contributed by atoms with E-state index < -0.39 is 11.5 Å². The van der Waals surface area contributed by atoms with Gasteiger partial charge in [0.2, 0.25) is 5.91 Å². The minimum absolute atomic E-state index is 0.0839. The Bertz CT molecular complexity index is 250. The van der Waals surface area contributed by atoms with Crippen molar-refractivity contribution in [2.24, 2.45) is 17.1 Å². The molecule has 0 aliphatic heterocycles. The fraction of sp³-hybridized carbons (Fsp3) is 0.917. The van der Waals surface area contributed by atoms with Gasteiger partial charge in [0.25, 0.3) is 0 Å². The minimum Gasteiger partial charge on any atom is -0.394 e. The van der Waals surface area contributed by atoms with Gasteiger partial charge in [-0.05, 0) is 31.6 Å². The van der Waals surface area contributed by atoms with E-state index in [1.54, 1.807) is 0 Å². The molecule has 17 heavy (non-hydrogen) atoms. The van der Waals surface area contributed by atoms with Crippen molar-refractivity contribution in [2.75, 3.05) is 19.7 Å². The third-order valence-electron chi connectivity index (χ3n) is 3.81. The number of hydrogen-bond donors (Lipinski definition) is 4. The van der Waals surface area contributed by atoms with E-state index in [1.807, 2.05) is 0 Å². The number of carbonyl (C=O) groups excluding carboxylic acids is 1. The van der Waals surface area contributed by atoms with E-state index in [1.165, 1.54) is 0 Å². The second-order valence-corrected chi connectivity index (χ2v) is 5.21. The molecule has 1 unspecified atom stereocenters. The van der Waals surface area contributed by atoms with Crippen LogP contribution in [0.2, 0.25) is 0 Å². The summed E-state index contributed by atoms with van der Waals surface area (Å²) in [6.07, 6.45) is 2.77. The number of nitrogens with two attached hydrogens (primary N) is 1. The van der Waals surface area contributed by atoms with Crippen LogP contribution in [-0.4, -0.2) is 41.9 Å². The first-order valence-corrected chi connectivity index (χ1v) is 6.31. The number of aliphatic hydroxyl groups is 2. The van der Waals surface area contributed by atoms with Crippen LogP contribution in [0.3, 0.4) is 0 Å². The maximum absolute atomic E-state index is 12.1. The SMILES string of the molecule is CC1CCC(CN)(C(=O)NCC(O)CO)CC1. The first-order valence-electron chi connectivity index (χ1n) is 6.31. The Hall–Kier alpha value is -0.650. The van der Waals surface area contributed by atoms with E-state index in [0.717, 1.165) is 25.7 Å². The molecule has 1 rings (SSSR count). The molecule has 0 aromatic rings. The summed E-state index contributed by atoms with van der Waals surface area (Å²) in [6.45, 7) is 2.29. The number of hydrogen-bond acceptors (Lipinski definition) is 4. The highest BCUT2D eigenvalue weighted by Crippen LogP contribution is 2.38. The highest BCUT2D eigenvalue weighted by Gasteiger charge is 2.39. The van der Waals surface area contributed by atoms with Gasteiger partial charge in [-0.3, -0.25) is 4.79 Å². The van der Waals surface area contributed by atoms with Crippen LogP contribution in [0.1, 0.15) is 32.6 Å². The number of nitrogens with one attached hydrogen (secondary N) is 1. The molecule has 0 aromatic heterocycles. The fourth-order valence-electron chi connectivity index (χ4n) is 2.30. The molecule has 0 aromatic carbocycles. The molecule has 1 fully saturated rings. The average Bonchev–Trinajstić information content (AvgIpc) is 2.36. The van der Waals surface area contributed by atoms with Gasteiger partial charge in [0.15, 0.2) is 0 Å². The Morgan fingerprint density at radius 2 is 2.12 bits per heavy atom. The molecule has 5 heteroatoms. The first-order chi connectivity index (χ1) is 8.04. The summed E-state index contributed by atoms with van der Waals surface area (Å²) >= 11 is 0. The van der Waals surface area contributed by atoms with Gasteiger partial charge in [0, 0.05) is 13.1 Å². The van der Waals surface area contributed by atoms with Crippen molar-refractivity contribution in [3.63, 3.8) is 0 Å². The quantitative estimate of drug-likeness (QED) is 0.530. The standard InChI is InChI=1S/C12H24N2O3/c1-9-2-4-12(8-13,5-3-9)11(17)14-6-10(16)7-15/h9-10,15-16H,2-8,13H2,1H3,(H,14,17). The molecule has 5 N–H and O–H groups in total. The summed E-state index contributed by atoms with van der Waals surface area (Å²) in [5, 5.41) is 20.6. The van der Waals surface area contributed by atoms with Crippen molar-refractivity contribution >= 4 is 5.91 Å². The molecule has 0 spiro atoms. The lowest BCUT2D eigenvalue weighted by atomic mass is 9.70. The summed E-state index contributed by atoms with van der Waals surface area (Å²) in [4.78, 5) is 12.1. The molecule has 0 radical (unpaired) electrons. The van der Waals surface area contributed by atoms with Crippen molar-refractivity contribution < 1.29 is 15.0 Å². The Kier molecular flexibility index (Phi) is 5.36. The van der Waals surface area contributed by atoms with Crippen molar-refractivity contribution in [3.05, 3.63) is 0 Å². The predicted octanol–water partition coefficient (Wildman–Crippen LogP) is -0.389. The van der Waals surface area contributed by atoms with E-state index in [0.29, 0.717) is 12.5 Å². The van der Waals surface area contributed by atoms with Crippen LogP contribution >= 0.6 is 0 Å². The van der Waals surface area contributed by atoms with Gasteiger partial charge < -0.3 is 21.3 Å². The van der Waals surface area contributed by atoms with Crippen molar-refractivity contribution in [1.82, 2.24) is 5.32 Å². The maximum atomic E-state index is 12.1. The zero-order chi connectivity index (χ0) is 12.9. The normalized spacial score (nSPS) is 30.9. The molecule has 1 saturated carbocycles. The number of amides is 1. The molecule has 1 atom stereocenters. The monoisotopic (exact) mass is 244 g/mol. The van der Waals surface area contributed by atoms with Gasteiger partial charge in [0.1, 0.15) is 0 Å². The van der Waals surface area contributed by atoms with Crippen LogP contribution in [0.5, 0.6) is 0 Å². The van der Waals surface area contributed by atoms with Crippen molar-refractivity contribution in [3.8, 4) is 0 Å². The van der Waals surface area contributed by atoms with Crippen LogP contribution in [0.15, 0.2) is 0 Å². The molecule has 5 nitrogen and oxygen atoms in total. The van der Waals surface area contributed by atoms with Gasteiger partial charge in [-0.2, -0.15) is 0 Å². The molecular formula is C12H24N2O3. The maximum Gasteiger partial charge on any atom is 0.227 e. The highest BCUT2D eigenvalue weighted by atomic mass is 16.3. The van der Waals surface area contributed by atoms with E-state index >= 15 is 0 Å². The molecule has 0 saturated heterocycles. The fourth-order valence-corrected chi connectivity index (χ4v) is 2.30. The number of rotatable bonds is 5. The summed E-state index contributed by atoms with van der Waals surface area (Å²) in [7, 11) is 0. The molecule has 1 aliphatic carbocycles. The van der Waals surface area contributed by atoms with Crippen LogP contribution in [0, 0.1) is 11.3 Å². The van der Waals surface area contributed by atoms with Gasteiger partial charge in [-0.15, -0.1) is 0 Å². The lowest BCUT2D eigenvalue weighted by Crippen LogP contribution is -2.49. The number of aliphatic hydroxyl groups excluding tert-OH is 2. The second-order valence-electron chi connectivity index (χ2n) is 5.21. The van der Waals surface area contributed by atoms with E-state index in [-0.39, 0.29) is 19.1 Å². The highest BCUT2D eigenvalue weighted by molar-refractivity contribution is 5.83. The van der Waals surface area contributed by atoms with Crippen LogP contribution in [0.25, 0.3) is 0 Å². The topological polar surface area (TPSA) is 95.6 Å². The minimum atomic E-state index is -0.892. The Labute approximate surface area is 102 Å². The first kappa shape index (κ1) is 14.4. The Morgan fingerprint density at radius 3 is 2.59 bits per heavy atom. The Balaban J connectivity index is 2.51. The molecule has 0 heterocycles. The van der Waals surface area contributed by atoms with E-state index in [2.05, 4.69) is 12.2 Å². The second kappa shape index (κ2) is 6.33. The number of carbonyl (C=O) groups is 1. The molecule has 1 amide bonds. The van der Waals surface area contributed by atoms with Crippen molar-refractivity contribution in [1.29, 1.82) is 0 Å². The van der Waals surface area contributed by atoms with Crippen LogP contribution < -0.4 is 11.1 Å². The van der Waals surface area contributed by atoms with E-state index in [4.69, 9.17) is 10.8 Å². The smallest absolute Gasteiger partial charge is 0.227 e. The summed E-state index contributed by atoms with van der Waals surface area (Å²) < 4.78 is 0. The summed E-state index contributed by atoms with van der Waals surface area (Å²) in [6, 6.07) is 0. The third-order valence-corrected chi connectivity index (χ3v) is 3.81. The lowest BCUT2D eigenvalue weighted by Gasteiger charge is -2.37. The molecule has 100 valence electrons. The van der Waals surface area contributed by atoms with Gasteiger partial charge in [0.05, 0.1) is 18.1 Å². The van der Waals surface area contributed by atoms with E-state index in [9.17, 15) is 9.90 Å². The Morgan fingerprint density at radius 1 is 1.53 bits per heavy atom. The van der Waals surface area contributed by atoms with Gasteiger partial charge >= 0.3 is 0 Å². The molecule has 0 bridgehead atoms. The molecule has 1 aliphatic rings. The zero-order valence-electron chi connectivity index (χ0n) is 10.5. The molecular weight excluding hydrogens is 220 g/mol. The van der Waals surface area contributed by atoms with Crippen molar-refractivity contribution in [2.45, 2.75) is 38.7 Å². The predicted molar refractivity (Wildman–Crippen MR) is 65.2 cm³/mol. The van der Waals surface area contributed by atoms with Crippen LogP contribution in [0.4, 0.5) is 0 Å². The third kappa shape index (κ3) is 3.66.